The van der Waals surface area contributed by atoms with Crippen LogP contribution in [0.5, 0.6) is 0 Å². The lowest BCUT2D eigenvalue weighted by Crippen LogP contribution is -2.41. The van der Waals surface area contributed by atoms with Crippen molar-refractivity contribution in [1.29, 1.82) is 0 Å². The molecule has 0 unspecified atom stereocenters. The number of halogens is 2. The van der Waals surface area contributed by atoms with Crippen molar-refractivity contribution < 1.29 is 9.60 Å². The number of amidine groups is 1. The first-order valence-corrected chi connectivity index (χ1v) is 11.2. The van der Waals surface area contributed by atoms with E-state index in [1.54, 1.807) is 12.1 Å². The Morgan fingerprint density at radius 2 is 1.84 bits per heavy atom. The first-order valence-electron chi connectivity index (χ1n) is 10.8. The average molecular weight is 438 g/mol. The number of fused-ring (bicyclic) bond motifs is 1. The zero-order valence-electron chi connectivity index (χ0n) is 17.2. The minimum Gasteiger partial charge on any atom is -0.409 e. The van der Waals surface area contributed by atoms with Gasteiger partial charge in [0.05, 0.1) is 5.52 Å². The zero-order valence-corrected chi connectivity index (χ0v) is 17.9. The second-order valence-electron chi connectivity index (χ2n) is 9.06. The van der Waals surface area contributed by atoms with Crippen molar-refractivity contribution in [2.45, 2.75) is 44.4 Å². The van der Waals surface area contributed by atoms with Crippen molar-refractivity contribution in [1.82, 2.24) is 4.98 Å². The molecule has 0 amide bonds. The molecular weight excluding hydrogens is 413 g/mol. The molecule has 1 spiro atoms. The van der Waals surface area contributed by atoms with Gasteiger partial charge in [-0.05, 0) is 104 Å². The van der Waals surface area contributed by atoms with Crippen LogP contribution in [0, 0.1) is 17.2 Å². The number of nitrogens with zero attached hydrogens (tertiary/aromatic N) is 2. The van der Waals surface area contributed by atoms with Crippen LogP contribution >= 0.6 is 11.6 Å². The van der Waals surface area contributed by atoms with Gasteiger partial charge in [0.25, 0.3) is 0 Å². The van der Waals surface area contributed by atoms with E-state index in [0.29, 0.717) is 22.2 Å². The monoisotopic (exact) mass is 437 g/mol. The third-order valence-electron chi connectivity index (χ3n) is 7.19. The highest BCUT2D eigenvalue weighted by Crippen LogP contribution is 2.59. The molecule has 0 atom stereocenters. The third-order valence-corrected chi connectivity index (χ3v) is 7.45. The van der Waals surface area contributed by atoms with Crippen LogP contribution in [0.2, 0.25) is 5.02 Å². The van der Waals surface area contributed by atoms with Crippen LogP contribution in [-0.4, -0.2) is 16.0 Å². The first-order chi connectivity index (χ1) is 15.0. The molecule has 0 radical (unpaired) electrons. The van der Waals surface area contributed by atoms with Gasteiger partial charge in [0, 0.05) is 28.2 Å². The second kappa shape index (κ2) is 8.12. The summed E-state index contributed by atoms with van der Waals surface area (Å²) in [6.45, 7) is 0. The lowest BCUT2D eigenvalue weighted by atomic mass is 9.53. The second-order valence-corrected chi connectivity index (χ2v) is 9.49. The van der Waals surface area contributed by atoms with E-state index in [1.807, 2.05) is 30.5 Å². The van der Waals surface area contributed by atoms with Crippen LogP contribution in [0.3, 0.4) is 0 Å². The Morgan fingerprint density at radius 1 is 1.10 bits per heavy atom. The van der Waals surface area contributed by atoms with Crippen molar-refractivity contribution >= 4 is 34.0 Å². The smallest absolute Gasteiger partial charge is 0.149 e. The van der Waals surface area contributed by atoms with Crippen molar-refractivity contribution in [2.24, 2.45) is 16.5 Å². The molecule has 1 heterocycles. The highest BCUT2D eigenvalue weighted by molar-refractivity contribution is 6.30. The molecule has 0 saturated heterocycles. The maximum absolute atomic E-state index is 13.8. The molecule has 4 nitrogen and oxygen atoms in total. The van der Waals surface area contributed by atoms with E-state index in [-0.39, 0.29) is 11.7 Å². The van der Waals surface area contributed by atoms with Gasteiger partial charge in [-0.1, -0.05) is 16.8 Å². The van der Waals surface area contributed by atoms with Crippen LogP contribution in [0.25, 0.3) is 10.9 Å². The molecule has 0 aliphatic heterocycles. The van der Waals surface area contributed by atoms with Gasteiger partial charge in [-0.25, -0.2) is 4.39 Å². The van der Waals surface area contributed by atoms with Crippen molar-refractivity contribution in [2.75, 3.05) is 5.32 Å². The molecule has 2 aliphatic rings. The molecule has 31 heavy (non-hydrogen) atoms. The fourth-order valence-corrected chi connectivity index (χ4v) is 5.63. The van der Waals surface area contributed by atoms with E-state index >= 15 is 0 Å². The number of rotatable bonds is 3. The van der Waals surface area contributed by atoms with Crippen molar-refractivity contribution in [3.05, 3.63) is 71.1 Å². The van der Waals surface area contributed by atoms with Gasteiger partial charge in [0.1, 0.15) is 11.7 Å². The fraction of sp³-hybridized carbons (Fsp3) is 0.360. The summed E-state index contributed by atoms with van der Waals surface area (Å²) in [6, 6.07) is 14.3. The van der Waals surface area contributed by atoms with Gasteiger partial charge in [0.2, 0.25) is 0 Å². The highest BCUT2D eigenvalue weighted by Gasteiger charge is 2.47. The molecular formula is C25H25ClFN3O. The Morgan fingerprint density at radius 3 is 2.55 bits per heavy atom. The van der Waals surface area contributed by atoms with E-state index in [2.05, 4.69) is 21.5 Å². The Labute approximate surface area is 186 Å². The predicted molar refractivity (Wildman–Crippen MR) is 122 cm³/mol. The number of aromatic nitrogens is 1. The van der Waals surface area contributed by atoms with E-state index in [1.165, 1.54) is 11.6 Å². The Hall–Kier alpha value is -2.66. The molecule has 2 saturated carbocycles. The summed E-state index contributed by atoms with van der Waals surface area (Å²) in [5.74, 6) is 1.10. The maximum atomic E-state index is 13.8. The molecule has 0 bridgehead atoms. The van der Waals surface area contributed by atoms with Gasteiger partial charge in [-0.15, -0.1) is 0 Å². The summed E-state index contributed by atoms with van der Waals surface area (Å²) in [5.41, 5.74) is 3.31. The van der Waals surface area contributed by atoms with Crippen LogP contribution in [-0.2, 0) is 0 Å². The molecule has 1 aromatic heterocycles. The van der Waals surface area contributed by atoms with Gasteiger partial charge in [-0.3, -0.25) is 4.98 Å². The molecule has 6 heteroatoms. The summed E-state index contributed by atoms with van der Waals surface area (Å²) in [6.07, 6.45) is 8.33. The lowest BCUT2D eigenvalue weighted by molar-refractivity contribution is 0.0438. The summed E-state index contributed by atoms with van der Waals surface area (Å²) in [7, 11) is 0. The van der Waals surface area contributed by atoms with Gasteiger partial charge in [-0.2, -0.15) is 0 Å². The van der Waals surface area contributed by atoms with Crippen molar-refractivity contribution in [3.8, 4) is 0 Å². The summed E-state index contributed by atoms with van der Waals surface area (Å²) >= 11 is 5.95. The normalized spacial score (nSPS) is 26.1. The van der Waals surface area contributed by atoms with Gasteiger partial charge >= 0.3 is 0 Å². The summed E-state index contributed by atoms with van der Waals surface area (Å²) in [4.78, 5) is 4.39. The Balaban J connectivity index is 1.23. The van der Waals surface area contributed by atoms with Crippen LogP contribution in [0.1, 0.15) is 50.0 Å². The van der Waals surface area contributed by atoms with Crippen molar-refractivity contribution in [3.63, 3.8) is 0 Å². The Bertz CT molecular complexity index is 1120. The highest BCUT2D eigenvalue weighted by atomic mass is 35.5. The Kier molecular flexibility index (Phi) is 5.30. The number of benzene rings is 2. The molecule has 3 aromatic rings. The lowest BCUT2D eigenvalue weighted by Gasteiger charge is -2.52. The van der Waals surface area contributed by atoms with E-state index < -0.39 is 0 Å². The predicted octanol–water partition coefficient (Wildman–Crippen LogP) is 6.98. The molecule has 2 aromatic carbocycles. The third kappa shape index (κ3) is 3.99. The van der Waals surface area contributed by atoms with Gasteiger partial charge < -0.3 is 10.5 Å². The molecule has 160 valence electrons. The van der Waals surface area contributed by atoms with Gasteiger partial charge in [0.15, 0.2) is 0 Å². The van der Waals surface area contributed by atoms with E-state index in [0.717, 1.165) is 55.1 Å². The number of hydrogen-bond donors (Lipinski definition) is 2. The zero-order chi connectivity index (χ0) is 21.4. The summed E-state index contributed by atoms with van der Waals surface area (Å²) < 4.78 is 13.8. The minimum atomic E-state index is -0.208. The van der Waals surface area contributed by atoms with Crippen LogP contribution in [0.4, 0.5) is 10.1 Å². The fourth-order valence-electron chi connectivity index (χ4n) is 5.50. The molecule has 2 N–H and O–H groups in total. The standard InChI is InChI=1S/C25H25ClFN3O/c26-18-1-4-20(5-2-18)29-24(30-31)16-7-10-25(11-8-16)14-17(15-25)21-9-12-28-23-6-3-19(27)13-22(21)23/h1-6,9,12-13,16-17,31H,7-8,10-11,14-15H2,(H,29,30). The van der Waals surface area contributed by atoms with Crippen LogP contribution < -0.4 is 5.32 Å². The van der Waals surface area contributed by atoms with E-state index in [4.69, 9.17) is 11.6 Å². The largest absolute Gasteiger partial charge is 0.409 e. The summed E-state index contributed by atoms with van der Waals surface area (Å²) in [5, 5.41) is 18.0. The minimum absolute atomic E-state index is 0.208. The first kappa shape index (κ1) is 20.3. The van der Waals surface area contributed by atoms with Crippen LogP contribution in [0.15, 0.2) is 59.9 Å². The number of pyridine rings is 1. The number of anilines is 1. The molecule has 5 rings (SSSR count). The molecule has 2 aliphatic carbocycles. The number of hydrogen-bond acceptors (Lipinski definition) is 3. The number of nitrogens with one attached hydrogen (secondary N) is 1. The SMILES string of the molecule is O/N=C(\Nc1ccc(Cl)cc1)C1CCC2(CC1)CC(c1ccnc3ccc(F)cc13)C2. The molecule has 2 fully saturated rings. The average Bonchev–Trinajstić information content (AvgIpc) is 2.77. The van der Waals surface area contributed by atoms with E-state index in [9.17, 15) is 9.60 Å². The quantitative estimate of drug-likeness (QED) is 0.201. The maximum Gasteiger partial charge on any atom is 0.149 e. The topological polar surface area (TPSA) is 57.5 Å². The number of oxime groups is 1.